The van der Waals surface area contributed by atoms with E-state index >= 15 is 0 Å². The van der Waals surface area contributed by atoms with Gasteiger partial charge in [-0.05, 0) is 37.3 Å². The van der Waals surface area contributed by atoms with Crippen molar-refractivity contribution in [3.63, 3.8) is 0 Å². The number of para-hydroxylation sites is 1. The van der Waals surface area contributed by atoms with Gasteiger partial charge in [0.1, 0.15) is 11.5 Å². The summed E-state index contributed by atoms with van der Waals surface area (Å²) in [5.74, 6) is -2.06. The first-order valence-corrected chi connectivity index (χ1v) is 10.3. The van der Waals surface area contributed by atoms with Gasteiger partial charge in [0.25, 0.3) is 17.6 Å². The second-order valence-corrected chi connectivity index (χ2v) is 7.55. The molecule has 2 heterocycles. The van der Waals surface area contributed by atoms with Gasteiger partial charge in [-0.2, -0.15) is 0 Å². The molecule has 32 heavy (non-hydrogen) atoms. The number of methoxy groups -OCH3 is 1. The maximum absolute atomic E-state index is 13.7. The van der Waals surface area contributed by atoms with E-state index in [9.17, 15) is 19.5 Å². The number of amides is 2. The lowest BCUT2D eigenvalue weighted by atomic mass is 9.82. The Morgan fingerprint density at radius 1 is 1.06 bits per heavy atom. The van der Waals surface area contributed by atoms with Crippen LogP contribution in [0.1, 0.15) is 18.1 Å². The molecule has 0 saturated carbocycles. The van der Waals surface area contributed by atoms with Crippen molar-refractivity contribution in [2.45, 2.75) is 12.5 Å². The van der Waals surface area contributed by atoms with E-state index in [-0.39, 0.29) is 18.7 Å². The molecule has 4 rings (SSSR count). The summed E-state index contributed by atoms with van der Waals surface area (Å²) in [6.45, 7) is 2.47. The van der Waals surface area contributed by atoms with Crippen molar-refractivity contribution in [1.82, 2.24) is 4.90 Å². The Morgan fingerprint density at radius 3 is 2.41 bits per heavy atom. The molecule has 1 saturated heterocycles. The Balaban J connectivity index is 1.98. The van der Waals surface area contributed by atoms with Crippen molar-refractivity contribution >= 4 is 29.0 Å². The molecule has 1 N–H and O–H groups in total. The summed E-state index contributed by atoms with van der Waals surface area (Å²) in [4.78, 5) is 42.7. The fourth-order valence-electron chi connectivity index (χ4n) is 4.47. The van der Waals surface area contributed by atoms with E-state index in [1.165, 1.54) is 16.9 Å². The minimum Gasteiger partial charge on any atom is -0.507 e. The van der Waals surface area contributed by atoms with Crippen molar-refractivity contribution in [2.24, 2.45) is 0 Å². The average Bonchev–Trinajstić information content (AvgIpc) is 3.16. The highest BCUT2D eigenvalue weighted by Crippen LogP contribution is 2.53. The largest absolute Gasteiger partial charge is 0.507 e. The number of hydrogen-bond donors (Lipinski definition) is 1. The van der Waals surface area contributed by atoms with Crippen molar-refractivity contribution in [2.75, 3.05) is 38.8 Å². The Kier molecular flexibility index (Phi) is 5.48. The number of carbonyl (C=O) groups is 3. The van der Waals surface area contributed by atoms with Gasteiger partial charge in [-0.3, -0.25) is 14.4 Å². The van der Waals surface area contributed by atoms with E-state index in [0.29, 0.717) is 29.2 Å². The van der Waals surface area contributed by atoms with Gasteiger partial charge in [0.15, 0.2) is 5.54 Å². The molecule has 0 aromatic heterocycles. The number of nitrogens with zero attached hydrogens (tertiary/aromatic N) is 2. The van der Waals surface area contributed by atoms with Gasteiger partial charge >= 0.3 is 0 Å². The second-order valence-electron chi connectivity index (χ2n) is 7.55. The van der Waals surface area contributed by atoms with E-state index in [1.54, 1.807) is 55.6 Å². The number of likely N-dealkylation sites (tertiary alicyclic amines) is 1. The van der Waals surface area contributed by atoms with E-state index in [4.69, 9.17) is 9.47 Å². The number of ether oxygens (including phenoxy) is 2. The van der Waals surface area contributed by atoms with Gasteiger partial charge in [-0.1, -0.05) is 18.2 Å². The Morgan fingerprint density at radius 2 is 1.75 bits per heavy atom. The molecule has 2 aliphatic rings. The highest BCUT2D eigenvalue weighted by atomic mass is 16.5. The maximum Gasteiger partial charge on any atom is 0.296 e. The Bertz CT molecular complexity index is 1120. The maximum atomic E-state index is 13.7. The van der Waals surface area contributed by atoms with Gasteiger partial charge in [0.05, 0.1) is 18.8 Å². The molecular formula is C24H24N2O6. The van der Waals surface area contributed by atoms with Crippen LogP contribution in [0.4, 0.5) is 5.69 Å². The van der Waals surface area contributed by atoms with E-state index in [1.807, 2.05) is 6.92 Å². The molecule has 1 fully saturated rings. The number of hydrogen-bond acceptors (Lipinski definition) is 6. The summed E-state index contributed by atoms with van der Waals surface area (Å²) >= 11 is 0. The monoisotopic (exact) mass is 436 g/mol. The molecule has 1 spiro atoms. The summed E-state index contributed by atoms with van der Waals surface area (Å²) in [5, 5.41) is 11.3. The van der Waals surface area contributed by atoms with Crippen LogP contribution in [0.15, 0.2) is 54.1 Å². The van der Waals surface area contributed by atoms with Gasteiger partial charge in [0.2, 0.25) is 0 Å². The smallest absolute Gasteiger partial charge is 0.296 e. The third-order valence-corrected chi connectivity index (χ3v) is 5.90. The van der Waals surface area contributed by atoms with Crippen molar-refractivity contribution in [3.8, 4) is 5.75 Å². The van der Waals surface area contributed by atoms with Crippen LogP contribution in [0.2, 0.25) is 0 Å². The first-order chi connectivity index (χ1) is 15.4. The lowest BCUT2D eigenvalue weighted by molar-refractivity contribution is -0.144. The predicted molar refractivity (Wildman–Crippen MR) is 117 cm³/mol. The van der Waals surface area contributed by atoms with E-state index < -0.39 is 28.9 Å². The van der Waals surface area contributed by atoms with Crippen LogP contribution in [-0.4, -0.2) is 61.5 Å². The molecule has 1 unspecified atom stereocenters. The van der Waals surface area contributed by atoms with Crippen LogP contribution in [0, 0.1) is 0 Å². The normalized spacial score (nSPS) is 21.5. The second kappa shape index (κ2) is 8.12. The predicted octanol–water partition coefficient (Wildman–Crippen LogP) is 2.28. The molecule has 2 aromatic rings. The molecular weight excluding hydrogens is 412 g/mol. The van der Waals surface area contributed by atoms with Gasteiger partial charge in [-0.15, -0.1) is 0 Å². The molecule has 8 heteroatoms. The number of ketones is 1. The number of rotatable bonds is 6. The third-order valence-electron chi connectivity index (χ3n) is 5.90. The van der Waals surface area contributed by atoms with Crippen molar-refractivity contribution in [1.29, 1.82) is 0 Å². The molecule has 1 atom stereocenters. The third kappa shape index (κ3) is 2.90. The van der Waals surface area contributed by atoms with E-state index in [2.05, 4.69) is 0 Å². The van der Waals surface area contributed by atoms with Gasteiger partial charge < -0.3 is 24.4 Å². The highest BCUT2D eigenvalue weighted by Gasteiger charge is 2.66. The minimum absolute atomic E-state index is 0.00897. The Labute approximate surface area is 185 Å². The number of aliphatic hydroxyl groups excluding tert-OH is 1. The number of carbonyl (C=O) groups excluding carboxylic acids is 3. The average molecular weight is 436 g/mol. The number of aliphatic hydroxyl groups is 1. The molecule has 0 radical (unpaired) electrons. The lowest BCUT2D eigenvalue weighted by Gasteiger charge is -2.34. The first kappa shape index (κ1) is 21.6. The van der Waals surface area contributed by atoms with Crippen LogP contribution in [-0.2, 0) is 24.7 Å². The van der Waals surface area contributed by atoms with Crippen LogP contribution in [0.25, 0.3) is 5.76 Å². The van der Waals surface area contributed by atoms with Gasteiger partial charge in [-0.25, -0.2) is 0 Å². The van der Waals surface area contributed by atoms with Crippen LogP contribution < -0.4 is 9.64 Å². The number of Topliss-reactive ketones (excluding diaryl/α,β-unsaturated/α-hetero) is 1. The minimum atomic E-state index is -1.76. The zero-order chi connectivity index (χ0) is 23.0. The summed E-state index contributed by atoms with van der Waals surface area (Å²) in [5.41, 5.74) is -0.669. The SMILES string of the molecule is CCOc1ccc(/C(O)=C2/C(=O)C(=O)N(CCOC)C23C(=O)N(C)c2ccccc23)cc1. The number of anilines is 1. The van der Waals surface area contributed by atoms with Gasteiger partial charge in [0, 0.05) is 37.5 Å². The summed E-state index contributed by atoms with van der Waals surface area (Å²) in [6.07, 6.45) is 0. The number of fused-ring (bicyclic) bond motifs is 2. The van der Waals surface area contributed by atoms with Crippen LogP contribution in [0.3, 0.4) is 0 Å². The summed E-state index contributed by atoms with van der Waals surface area (Å²) < 4.78 is 10.6. The zero-order valence-corrected chi connectivity index (χ0v) is 18.1. The molecule has 166 valence electrons. The first-order valence-electron chi connectivity index (χ1n) is 10.3. The molecule has 8 nitrogen and oxygen atoms in total. The molecule has 2 aromatic carbocycles. The number of likely N-dealkylation sites (N-methyl/N-ethyl adjacent to an activating group) is 1. The van der Waals surface area contributed by atoms with E-state index in [0.717, 1.165) is 0 Å². The fraction of sp³-hybridized carbons (Fsp3) is 0.292. The lowest BCUT2D eigenvalue weighted by Crippen LogP contribution is -2.52. The summed E-state index contributed by atoms with van der Waals surface area (Å²) in [6, 6.07) is 13.4. The fourth-order valence-corrected chi connectivity index (χ4v) is 4.47. The standard InChI is InChI=1S/C24H24N2O6/c1-4-32-16-11-9-15(10-12-16)20(27)19-21(28)22(29)26(13-14-31-3)24(19)17-7-5-6-8-18(17)25(2)23(24)30/h5-12,27H,4,13-14H2,1-3H3/b20-19+. The van der Waals surface area contributed by atoms with Crippen LogP contribution >= 0.6 is 0 Å². The molecule has 2 aliphatic heterocycles. The molecule has 2 amide bonds. The van der Waals surface area contributed by atoms with Crippen LogP contribution in [0.5, 0.6) is 5.75 Å². The molecule has 0 aliphatic carbocycles. The topological polar surface area (TPSA) is 96.4 Å². The quantitative estimate of drug-likeness (QED) is 0.424. The van der Waals surface area contributed by atoms with Crippen molar-refractivity contribution in [3.05, 3.63) is 65.2 Å². The summed E-state index contributed by atoms with van der Waals surface area (Å²) in [7, 11) is 3.06. The number of benzene rings is 2. The van der Waals surface area contributed by atoms with Crippen molar-refractivity contribution < 1.29 is 29.0 Å². The highest BCUT2D eigenvalue weighted by molar-refractivity contribution is 6.50. The zero-order valence-electron chi connectivity index (χ0n) is 18.1. The Hall–Kier alpha value is -3.65. The molecule has 0 bridgehead atoms.